The van der Waals surface area contributed by atoms with Gasteiger partial charge in [0.2, 0.25) is 15.9 Å². The number of phenols is 1. The number of aromatic hydroxyl groups is 1. The number of Topliss-reactive ketones (excluding diaryl/α,β-unsaturated/α-hetero) is 4. The van der Waals surface area contributed by atoms with Crippen LogP contribution in [0, 0.1) is 23.7 Å². The van der Waals surface area contributed by atoms with Crippen LogP contribution >= 0.6 is 0 Å². The van der Waals surface area contributed by atoms with Crippen LogP contribution in [0.15, 0.2) is 36.4 Å². The zero-order valence-corrected chi connectivity index (χ0v) is 23.3. The highest BCUT2D eigenvalue weighted by atomic mass is 32.2. The number of fused-ring (bicyclic) bond motifs is 3. The summed E-state index contributed by atoms with van der Waals surface area (Å²) >= 11 is 0. The second kappa shape index (κ2) is 9.57. The van der Waals surface area contributed by atoms with E-state index in [4.69, 9.17) is 5.73 Å². The van der Waals surface area contributed by atoms with Crippen molar-refractivity contribution in [3.63, 3.8) is 0 Å². The van der Waals surface area contributed by atoms with Crippen LogP contribution in [0.5, 0.6) is 5.75 Å². The highest BCUT2D eigenvalue weighted by Gasteiger charge is 2.69. The molecule has 2 unspecified atom stereocenters. The third-order valence-electron chi connectivity index (χ3n) is 8.44. The normalized spacial score (nSPS) is 29.5. The topological polar surface area (TPSA) is 201 Å². The Labute approximate surface area is 235 Å². The number of carbonyl (C=O) groups is 5. The smallest absolute Gasteiger partial charge is 0.235 e. The van der Waals surface area contributed by atoms with Crippen LogP contribution in [0.25, 0.3) is 11.1 Å². The lowest BCUT2D eigenvalue weighted by atomic mass is 9.52. The number of rotatable bonds is 5. The molecular weight excluding hydrogens is 554 g/mol. The van der Waals surface area contributed by atoms with Gasteiger partial charge in [-0.2, -0.15) is 0 Å². The van der Waals surface area contributed by atoms with Crippen molar-refractivity contribution in [3.8, 4) is 16.9 Å². The molecule has 0 aromatic heterocycles. The van der Waals surface area contributed by atoms with Crippen LogP contribution in [0.2, 0.25) is 0 Å². The van der Waals surface area contributed by atoms with Gasteiger partial charge in [-0.05, 0) is 67.7 Å². The van der Waals surface area contributed by atoms with E-state index in [-0.39, 0.29) is 24.2 Å². The summed E-state index contributed by atoms with van der Waals surface area (Å²) < 4.78 is 25.5. The fraction of sp³-hybridized carbons (Fsp3) is 0.393. The largest absolute Gasteiger partial charge is 0.507 e. The average molecular weight is 584 g/mol. The number of carbonyl (C=O) groups excluding carboxylic acids is 5. The van der Waals surface area contributed by atoms with Crippen molar-refractivity contribution in [2.45, 2.75) is 24.5 Å². The van der Waals surface area contributed by atoms with Crippen LogP contribution in [0.4, 0.5) is 5.69 Å². The first-order valence-corrected chi connectivity index (χ1v) is 14.7. The van der Waals surface area contributed by atoms with Crippen molar-refractivity contribution in [1.82, 2.24) is 4.90 Å². The van der Waals surface area contributed by atoms with Gasteiger partial charge in [0.1, 0.15) is 5.75 Å². The Hall–Kier alpha value is -3.94. The number of hydrogen-bond donors (Lipinski definition) is 4. The van der Waals surface area contributed by atoms with E-state index in [0.29, 0.717) is 22.4 Å². The molecule has 2 aromatic carbocycles. The van der Waals surface area contributed by atoms with Gasteiger partial charge < -0.3 is 15.9 Å². The Morgan fingerprint density at radius 1 is 1.05 bits per heavy atom. The third kappa shape index (κ3) is 4.35. The monoisotopic (exact) mass is 583 g/mol. The van der Waals surface area contributed by atoms with E-state index in [1.165, 1.54) is 25.1 Å². The summed E-state index contributed by atoms with van der Waals surface area (Å²) in [6.07, 6.45) is 1.07. The number of nitrogens with zero attached hydrogens (tertiary/aromatic N) is 1. The third-order valence-corrected chi connectivity index (χ3v) is 9.05. The molecule has 12 nitrogen and oxygen atoms in total. The van der Waals surface area contributed by atoms with Gasteiger partial charge in [-0.15, -0.1) is 0 Å². The molecule has 3 aliphatic rings. The van der Waals surface area contributed by atoms with Gasteiger partial charge in [-0.3, -0.25) is 33.6 Å². The van der Waals surface area contributed by atoms with Gasteiger partial charge in [0, 0.05) is 11.6 Å². The standard InChI is InChI=1S/C28H29N3O9S/c1-31(2)22-17-11-13-10-16-15(12-4-6-14(7-5-12)30-41(3,39)40)8-9-18(32)20(16)23(33)19(13)25(35)28(17,38)26(36)21(24(22)34)27(29)37/h4-9,13,17,19,21-22,30,32,38H,10-11H2,1-3H3,(H2,29,37)/t13-,17-,19?,21?,22-,28-/m0/s1. The summed E-state index contributed by atoms with van der Waals surface area (Å²) in [5.41, 5.74) is 4.39. The number of sulfonamides is 1. The number of anilines is 1. The quantitative estimate of drug-likeness (QED) is 0.345. The van der Waals surface area contributed by atoms with Gasteiger partial charge in [0.05, 0.1) is 23.8 Å². The molecule has 2 saturated carbocycles. The number of amides is 1. The summed E-state index contributed by atoms with van der Waals surface area (Å²) in [5.74, 6) is -11.1. The molecule has 2 aromatic rings. The van der Waals surface area contributed by atoms with Crippen LogP contribution in [-0.2, 0) is 35.6 Å². The molecule has 3 aliphatic carbocycles. The molecule has 0 spiro atoms. The van der Waals surface area contributed by atoms with E-state index in [1.54, 1.807) is 30.3 Å². The fourth-order valence-corrected chi connectivity index (χ4v) is 7.37. The first-order valence-electron chi connectivity index (χ1n) is 12.9. The van der Waals surface area contributed by atoms with Crippen molar-refractivity contribution in [2.24, 2.45) is 29.4 Å². The van der Waals surface area contributed by atoms with Crippen molar-refractivity contribution in [3.05, 3.63) is 47.5 Å². The van der Waals surface area contributed by atoms with Crippen molar-refractivity contribution >= 4 is 44.8 Å². The summed E-state index contributed by atoms with van der Waals surface area (Å²) in [6, 6.07) is 8.10. The van der Waals surface area contributed by atoms with E-state index in [2.05, 4.69) is 4.72 Å². The predicted molar refractivity (Wildman–Crippen MR) is 145 cm³/mol. The first kappa shape index (κ1) is 28.6. The van der Waals surface area contributed by atoms with Gasteiger partial charge >= 0.3 is 0 Å². The minimum absolute atomic E-state index is 0.0593. The maximum Gasteiger partial charge on any atom is 0.235 e. The number of aliphatic hydroxyl groups is 1. The Bertz CT molecular complexity index is 1630. The Morgan fingerprint density at radius 3 is 2.24 bits per heavy atom. The average Bonchev–Trinajstić information content (AvgIpc) is 2.85. The second-order valence-electron chi connectivity index (χ2n) is 11.2. The number of phenolic OH excluding ortho intramolecular Hbond substituents is 1. The van der Waals surface area contributed by atoms with Crippen LogP contribution in [0.3, 0.4) is 0 Å². The number of nitrogens with one attached hydrogen (secondary N) is 1. The number of nitrogens with two attached hydrogens (primary N) is 1. The number of ketones is 4. The molecule has 5 N–H and O–H groups in total. The zero-order valence-electron chi connectivity index (χ0n) is 22.5. The van der Waals surface area contributed by atoms with Crippen molar-refractivity contribution in [1.29, 1.82) is 0 Å². The maximum atomic E-state index is 13.9. The van der Waals surface area contributed by atoms with Crippen molar-refractivity contribution in [2.75, 3.05) is 25.1 Å². The lowest BCUT2D eigenvalue weighted by molar-refractivity contribution is -0.181. The molecule has 216 valence electrons. The molecule has 1 amide bonds. The molecule has 0 heterocycles. The van der Waals surface area contributed by atoms with E-state index in [9.17, 15) is 42.6 Å². The Balaban J connectivity index is 1.60. The summed E-state index contributed by atoms with van der Waals surface area (Å²) in [6.45, 7) is 0. The minimum Gasteiger partial charge on any atom is -0.507 e. The van der Waals surface area contributed by atoms with E-state index in [1.807, 2.05) is 0 Å². The molecule has 0 saturated heterocycles. The molecule has 0 radical (unpaired) electrons. The second-order valence-corrected chi connectivity index (χ2v) is 13.0. The van der Waals surface area contributed by atoms with Crippen LogP contribution < -0.4 is 10.5 Å². The molecule has 5 rings (SSSR count). The number of hydrogen-bond acceptors (Lipinski definition) is 10. The fourth-order valence-electron chi connectivity index (χ4n) is 6.81. The lowest BCUT2D eigenvalue weighted by Crippen LogP contribution is -2.74. The lowest BCUT2D eigenvalue weighted by Gasteiger charge is -2.52. The van der Waals surface area contributed by atoms with Gasteiger partial charge in [0.25, 0.3) is 0 Å². The summed E-state index contributed by atoms with van der Waals surface area (Å²) in [4.78, 5) is 67.8. The van der Waals surface area contributed by atoms with Gasteiger partial charge in [0.15, 0.2) is 34.7 Å². The van der Waals surface area contributed by atoms with Gasteiger partial charge in [-0.1, -0.05) is 18.2 Å². The number of benzene rings is 2. The summed E-state index contributed by atoms with van der Waals surface area (Å²) in [7, 11) is -0.457. The molecule has 13 heteroatoms. The van der Waals surface area contributed by atoms with E-state index >= 15 is 0 Å². The molecule has 0 bridgehead atoms. The van der Waals surface area contributed by atoms with Crippen LogP contribution in [-0.4, -0.2) is 84.6 Å². The van der Waals surface area contributed by atoms with Gasteiger partial charge in [-0.25, -0.2) is 8.42 Å². The van der Waals surface area contributed by atoms with Crippen LogP contribution in [0.1, 0.15) is 22.3 Å². The summed E-state index contributed by atoms with van der Waals surface area (Å²) in [5, 5.41) is 22.4. The Morgan fingerprint density at radius 2 is 1.68 bits per heavy atom. The molecule has 41 heavy (non-hydrogen) atoms. The molecule has 0 aliphatic heterocycles. The number of likely N-dealkylation sites (N-methyl/N-ethyl adjacent to an activating group) is 1. The highest BCUT2D eigenvalue weighted by molar-refractivity contribution is 7.92. The molecule has 2 fully saturated rings. The first-order chi connectivity index (χ1) is 19.1. The van der Waals surface area contributed by atoms with Crippen molar-refractivity contribution < 1.29 is 42.6 Å². The van der Waals surface area contributed by atoms with E-state index < -0.39 is 74.4 Å². The predicted octanol–water partition coefficient (Wildman–Crippen LogP) is -0.0945. The number of primary amides is 1. The zero-order chi connectivity index (χ0) is 30.2. The Kier molecular flexibility index (Phi) is 6.67. The maximum absolute atomic E-state index is 13.9. The SMILES string of the molecule is CN(C)[C@@H]1C(=O)C(C(N)=O)C(=O)[C@@]2(O)C(=O)C3C(=O)c4c(O)ccc(-c5ccc(NS(C)(=O)=O)cc5)c4C[C@H]3C[C@@H]12. The molecule has 6 atom stereocenters. The highest BCUT2D eigenvalue weighted by Crippen LogP contribution is 2.51. The minimum atomic E-state index is -3.50. The molecular formula is C28H29N3O9S. The van der Waals surface area contributed by atoms with E-state index in [0.717, 1.165) is 6.26 Å².